The van der Waals surface area contributed by atoms with Crippen LogP contribution in [0.25, 0.3) is 0 Å². The summed E-state index contributed by atoms with van der Waals surface area (Å²) >= 11 is 0. The molecule has 0 aliphatic rings. The number of nitrogens with one attached hydrogen (secondary N) is 1. The lowest BCUT2D eigenvalue weighted by molar-refractivity contribution is 0.753. The molecule has 0 aromatic heterocycles. The largest absolute Gasteiger partial charge is 0.306 e. The molecule has 1 rings (SSSR count). The fourth-order valence-corrected chi connectivity index (χ4v) is 1.12. The molecule has 0 saturated heterocycles. The molecular weight excluding hydrogens is 182 g/mol. The van der Waals surface area contributed by atoms with E-state index < -0.39 is 0 Å². The van der Waals surface area contributed by atoms with Crippen LogP contribution in [-0.2, 0) is 6.42 Å². The fourth-order valence-electron chi connectivity index (χ4n) is 1.12. The quantitative estimate of drug-likeness (QED) is 0.586. The van der Waals surface area contributed by atoms with E-state index in [1.54, 1.807) is 0 Å². The normalized spacial score (nSPS) is 8.20. The molecule has 0 atom stereocenters. The van der Waals surface area contributed by atoms with Crippen molar-refractivity contribution in [2.45, 2.75) is 27.2 Å². The molecule has 0 radical (unpaired) electrons. The zero-order chi connectivity index (χ0) is 11.4. The van der Waals surface area contributed by atoms with Gasteiger partial charge in [-0.3, -0.25) is 0 Å². The maximum absolute atomic E-state index is 3.26. The summed E-state index contributed by atoms with van der Waals surface area (Å²) in [6.07, 6.45) is 1.08. The van der Waals surface area contributed by atoms with E-state index in [9.17, 15) is 0 Å². The zero-order valence-corrected chi connectivity index (χ0v) is 10.0. The van der Waals surface area contributed by atoms with Crippen LogP contribution in [0.5, 0.6) is 0 Å². The van der Waals surface area contributed by atoms with Crippen LogP contribution in [0.2, 0.25) is 0 Å². The van der Waals surface area contributed by atoms with Gasteiger partial charge in [-0.1, -0.05) is 50.1 Å². The Kier molecular flexibility index (Phi) is 9.91. The predicted molar refractivity (Wildman–Crippen MR) is 67.8 cm³/mol. The smallest absolute Gasteiger partial charge is 0.0576 e. The van der Waals surface area contributed by atoms with Gasteiger partial charge in [0.2, 0.25) is 0 Å². The van der Waals surface area contributed by atoms with Crippen molar-refractivity contribution >= 4 is 0 Å². The summed E-state index contributed by atoms with van der Waals surface area (Å²) in [5, 5.41) is 3.26. The van der Waals surface area contributed by atoms with Crippen LogP contribution >= 0.6 is 0 Å². The molecule has 1 aromatic carbocycles. The second-order valence-electron chi connectivity index (χ2n) is 2.84. The lowest BCUT2D eigenvalue weighted by atomic mass is 10.1. The molecule has 1 heteroatoms. The molecule has 0 amide bonds. The summed E-state index contributed by atoms with van der Waals surface area (Å²) in [6.45, 7) is 7.65. The average molecular weight is 203 g/mol. The second-order valence-corrected chi connectivity index (χ2v) is 2.84. The highest BCUT2D eigenvalue weighted by Gasteiger charge is 1.88. The minimum atomic E-state index is 0.795. The summed E-state index contributed by atoms with van der Waals surface area (Å²) in [6, 6.07) is 10.5. The van der Waals surface area contributed by atoms with Gasteiger partial charge in [-0.25, -0.2) is 0 Å². The van der Waals surface area contributed by atoms with Crippen LogP contribution in [0.1, 0.15) is 26.3 Å². The highest BCUT2D eigenvalue weighted by molar-refractivity contribution is 5.14. The highest BCUT2D eigenvalue weighted by atomic mass is 14.8. The van der Waals surface area contributed by atoms with Crippen LogP contribution in [0.15, 0.2) is 30.3 Å². The second kappa shape index (κ2) is 10.8. The first kappa shape index (κ1) is 13.7. The molecule has 0 saturated carbocycles. The minimum absolute atomic E-state index is 0.795. The van der Waals surface area contributed by atoms with Crippen molar-refractivity contribution in [2.75, 3.05) is 13.1 Å². The van der Waals surface area contributed by atoms with Gasteiger partial charge in [0.1, 0.15) is 0 Å². The molecule has 1 N–H and O–H groups in total. The molecule has 0 spiro atoms. The fraction of sp³-hybridized carbons (Fsp3) is 0.429. The molecular formula is C14H21N. The molecule has 0 aliphatic carbocycles. The Morgan fingerprint density at radius 3 is 2.40 bits per heavy atom. The molecule has 0 aliphatic heterocycles. The third kappa shape index (κ3) is 7.78. The standard InChI is InChI=1S/C12H15N.C2H6/c1-2-3-10-13-11-9-12-7-5-4-6-8-12;1-2/h4-8,13H,9-11H2,1H3;1-2H3. The van der Waals surface area contributed by atoms with Gasteiger partial charge in [-0.2, -0.15) is 0 Å². The predicted octanol–water partition coefficient (Wildman–Crippen LogP) is 2.87. The summed E-state index contributed by atoms with van der Waals surface area (Å²) in [4.78, 5) is 0. The minimum Gasteiger partial charge on any atom is -0.306 e. The first-order valence-electron chi connectivity index (χ1n) is 5.57. The van der Waals surface area contributed by atoms with Crippen LogP contribution in [0.3, 0.4) is 0 Å². The van der Waals surface area contributed by atoms with Gasteiger partial charge in [-0.15, -0.1) is 5.92 Å². The van der Waals surface area contributed by atoms with Crippen LogP contribution < -0.4 is 5.32 Å². The number of hydrogen-bond acceptors (Lipinski definition) is 1. The molecule has 0 heterocycles. The number of rotatable bonds is 4. The molecule has 0 bridgehead atoms. The SMILES string of the molecule is CC.CC#CCNCCc1ccccc1. The van der Waals surface area contributed by atoms with Gasteiger partial charge in [-0.05, 0) is 18.9 Å². The van der Waals surface area contributed by atoms with E-state index in [2.05, 4.69) is 41.4 Å². The van der Waals surface area contributed by atoms with E-state index in [1.807, 2.05) is 26.8 Å². The summed E-state index contributed by atoms with van der Waals surface area (Å²) in [7, 11) is 0. The van der Waals surface area contributed by atoms with Crippen molar-refractivity contribution in [1.29, 1.82) is 0 Å². The van der Waals surface area contributed by atoms with E-state index in [1.165, 1.54) is 5.56 Å². The van der Waals surface area contributed by atoms with Crippen LogP contribution in [0.4, 0.5) is 0 Å². The van der Waals surface area contributed by atoms with Gasteiger partial charge < -0.3 is 5.32 Å². The Labute approximate surface area is 93.9 Å². The van der Waals surface area contributed by atoms with Gasteiger partial charge in [0.05, 0.1) is 6.54 Å². The van der Waals surface area contributed by atoms with Crippen molar-refractivity contribution in [3.63, 3.8) is 0 Å². The Morgan fingerprint density at radius 1 is 1.13 bits per heavy atom. The Bertz CT molecular complexity index is 279. The van der Waals surface area contributed by atoms with Crippen molar-refractivity contribution < 1.29 is 0 Å². The van der Waals surface area contributed by atoms with Crippen LogP contribution in [-0.4, -0.2) is 13.1 Å². The van der Waals surface area contributed by atoms with Gasteiger partial charge in [0.25, 0.3) is 0 Å². The number of hydrogen-bond donors (Lipinski definition) is 1. The van der Waals surface area contributed by atoms with Gasteiger partial charge in [0, 0.05) is 6.54 Å². The van der Waals surface area contributed by atoms with E-state index in [-0.39, 0.29) is 0 Å². The number of benzene rings is 1. The third-order valence-electron chi connectivity index (χ3n) is 1.82. The first-order chi connectivity index (χ1) is 7.43. The highest BCUT2D eigenvalue weighted by Crippen LogP contribution is 1.97. The lowest BCUT2D eigenvalue weighted by Gasteiger charge is -2.00. The molecule has 82 valence electrons. The summed E-state index contributed by atoms with van der Waals surface area (Å²) < 4.78 is 0. The van der Waals surface area contributed by atoms with E-state index >= 15 is 0 Å². The van der Waals surface area contributed by atoms with E-state index in [0.29, 0.717) is 0 Å². The Morgan fingerprint density at radius 2 is 1.80 bits per heavy atom. The third-order valence-corrected chi connectivity index (χ3v) is 1.82. The van der Waals surface area contributed by atoms with Gasteiger partial charge in [0.15, 0.2) is 0 Å². The van der Waals surface area contributed by atoms with Crippen LogP contribution in [0, 0.1) is 11.8 Å². The summed E-state index contributed by atoms with van der Waals surface area (Å²) in [5.74, 6) is 5.83. The monoisotopic (exact) mass is 203 g/mol. The van der Waals surface area contributed by atoms with Gasteiger partial charge >= 0.3 is 0 Å². The molecule has 0 unspecified atom stereocenters. The van der Waals surface area contributed by atoms with E-state index in [4.69, 9.17) is 0 Å². The molecule has 0 fully saturated rings. The molecule has 1 nitrogen and oxygen atoms in total. The molecule has 15 heavy (non-hydrogen) atoms. The van der Waals surface area contributed by atoms with Crippen molar-refractivity contribution in [1.82, 2.24) is 5.32 Å². The van der Waals surface area contributed by atoms with E-state index in [0.717, 1.165) is 19.5 Å². The maximum atomic E-state index is 3.26. The maximum Gasteiger partial charge on any atom is 0.0576 e. The Balaban J connectivity index is 0.000000921. The summed E-state index contributed by atoms with van der Waals surface area (Å²) in [5.41, 5.74) is 1.37. The average Bonchev–Trinajstić information content (AvgIpc) is 2.33. The lowest BCUT2D eigenvalue weighted by Crippen LogP contribution is -2.17. The van der Waals surface area contributed by atoms with Crippen molar-refractivity contribution in [3.8, 4) is 11.8 Å². The van der Waals surface area contributed by atoms with Crippen molar-refractivity contribution in [2.24, 2.45) is 0 Å². The van der Waals surface area contributed by atoms with Crippen molar-refractivity contribution in [3.05, 3.63) is 35.9 Å². The Hall–Kier alpha value is -1.26. The topological polar surface area (TPSA) is 12.0 Å². The zero-order valence-electron chi connectivity index (χ0n) is 10.0. The first-order valence-corrected chi connectivity index (χ1v) is 5.57. The molecule has 1 aromatic rings.